The molecule has 2 aromatic heterocycles. The summed E-state index contributed by atoms with van der Waals surface area (Å²) in [6.07, 6.45) is 4.30. The van der Waals surface area contributed by atoms with Gasteiger partial charge in [0.25, 0.3) is 0 Å². The second-order valence-corrected chi connectivity index (χ2v) is 6.52. The molecule has 6 nitrogen and oxygen atoms in total. The molecule has 0 spiro atoms. The van der Waals surface area contributed by atoms with Crippen LogP contribution in [0.2, 0.25) is 5.02 Å². The molecule has 1 aliphatic heterocycles. The van der Waals surface area contributed by atoms with Crippen LogP contribution in [0.5, 0.6) is 0 Å². The monoisotopic (exact) mass is 305 g/mol. The first kappa shape index (κ1) is 14.0. The average molecular weight is 306 g/mol. The van der Waals surface area contributed by atoms with Crippen molar-refractivity contribution in [2.45, 2.75) is 26.8 Å². The molecule has 0 N–H and O–H groups in total. The van der Waals surface area contributed by atoms with Crippen molar-refractivity contribution in [1.29, 1.82) is 0 Å². The molecule has 0 atom stereocenters. The largest absolute Gasteiger partial charge is 0.327 e. The van der Waals surface area contributed by atoms with Crippen LogP contribution < -0.4 is 5.01 Å². The lowest BCUT2D eigenvalue weighted by Gasteiger charge is -2.16. The summed E-state index contributed by atoms with van der Waals surface area (Å²) in [5.74, 6) is 1.52. The molecule has 7 heteroatoms. The second-order valence-electron chi connectivity index (χ2n) is 6.11. The predicted octanol–water partition coefficient (Wildman–Crippen LogP) is 3.30. The molecule has 2 aromatic rings. The standard InChI is InChI=1S/C14H16ClN5O/c1-14(2)5-13-17-7-11(20(13)8-14)9-4-12(19(3)18-21)16-6-10(9)15/h4,6-7H,5,8H2,1-3H3. The number of halogens is 1. The van der Waals surface area contributed by atoms with Crippen LogP contribution in [-0.2, 0) is 13.0 Å². The Kier molecular flexibility index (Phi) is 3.20. The minimum absolute atomic E-state index is 0.196. The Balaban J connectivity index is 2.08. The average Bonchev–Trinajstić information content (AvgIpc) is 2.93. The summed E-state index contributed by atoms with van der Waals surface area (Å²) in [5.41, 5.74) is 1.96. The molecule has 0 bridgehead atoms. The van der Waals surface area contributed by atoms with Crippen LogP contribution in [0.4, 0.5) is 5.82 Å². The van der Waals surface area contributed by atoms with E-state index in [1.807, 2.05) is 6.20 Å². The minimum atomic E-state index is 0.196. The maximum atomic E-state index is 10.6. The highest BCUT2D eigenvalue weighted by atomic mass is 35.5. The van der Waals surface area contributed by atoms with E-state index in [1.165, 1.54) is 11.2 Å². The smallest absolute Gasteiger partial charge is 0.152 e. The molecule has 0 radical (unpaired) electrons. The third kappa shape index (κ3) is 2.40. The van der Waals surface area contributed by atoms with Gasteiger partial charge < -0.3 is 4.57 Å². The highest BCUT2D eigenvalue weighted by Gasteiger charge is 2.31. The Hall–Kier alpha value is -1.95. The van der Waals surface area contributed by atoms with Crippen molar-refractivity contribution in [3.63, 3.8) is 0 Å². The first-order chi connectivity index (χ1) is 9.91. The molecular formula is C14H16ClN5O. The molecule has 0 amide bonds. The summed E-state index contributed by atoms with van der Waals surface area (Å²) in [7, 11) is 1.55. The summed E-state index contributed by atoms with van der Waals surface area (Å²) in [5, 5.41) is 4.57. The van der Waals surface area contributed by atoms with E-state index < -0.39 is 0 Å². The number of nitroso groups, excluding NO2 is 1. The molecule has 1 aliphatic rings. The predicted molar refractivity (Wildman–Crippen MR) is 82.2 cm³/mol. The van der Waals surface area contributed by atoms with Gasteiger partial charge in [-0.15, -0.1) is 4.91 Å². The van der Waals surface area contributed by atoms with Gasteiger partial charge in [-0.25, -0.2) is 15.0 Å². The highest BCUT2D eigenvalue weighted by Crippen LogP contribution is 2.37. The van der Waals surface area contributed by atoms with Crippen molar-refractivity contribution in [2.75, 3.05) is 12.1 Å². The van der Waals surface area contributed by atoms with Crippen LogP contribution in [0.15, 0.2) is 23.7 Å². The molecule has 110 valence electrons. The van der Waals surface area contributed by atoms with Gasteiger partial charge in [0, 0.05) is 31.8 Å². The zero-order valence-corrected chi connectivity index (χ0v) is 12.9. The van der Waals surface area contributed by atoms with Crippen molar-refractivity contribution in [3.8, 4) is 11.3 Å². The van der Waals surface area contributed by atoms with Crippen molar-refractivity contribution in [2.24, 2.45) is 10.7 Å². The number of nitrogens with zero attached hydrogens (tertiary/aromatic N) is 5. The molecule has 0 aromatic carbocycles. The number of fused-ring (bicyclic) bond motifs is 1. The Morgan fingerprint density at radius 3 is 2.86 bits per heavy atom. The van der Waals surface area contributed by atoms with Crippen LogP contribution in [0.3, 0.4) is 0 Å². The third-order valence-corrected chi connectivity index (χ3v) is 4.03. The third-order valence-electron chi connectivity index (χ3n) is 3.73. The fourth-order valence-corrected chi connectivity index (χ4v) is 2.90. The fraction of sp³-hybridized carbons (Fsp3) is 0.429. The number of pyridine rings is 1. The van der Waals surface area contributed by atoms with E-state index in [4.69, 9.17) is 11.6 Å². The van der Waals surface area contributed by atoms with Gasteiger partial charge in [-0.3, -0.25) is 0 Å². The summed E-state index contributed by atoms with van der Waals surface area (Å²) < 4.78 is 2.18. The van der Waals surface area contributed by atoms with Gasteiger partial charge in [0.15, 0.2) is 5.82 Å². The Labute approximate surface area is 127 Å². The number of imidazole rings is 1. The molecule has 0 aliphatic carbocycles. The van der Waals surface area contributed by atoms with Gasteiger partial charge in [-0.2, -0.15) is 0 Å². The van der Waals surface area contributed by atoms with Gasteiger partial charge in [-0.1, -0.05) is 25.4 Å². The van der Waals surface area contributed by atoms with Crippen LogP contribution in [0.1, 0.15) is 19.7 Å². The summed E-state index contributed by atoms with van der Waals surface area (Å²) in [6, 6.07) is 1.76. The van der Waals surface area contributed by atoms with Crippen molar-refractivity contribution in [1.82, 2.24) is 14.5 Å². The second kappa shape index (κ2) is 4.80. The zero-order valence-electron chi connectivity index (χ0n) is 12.2. The van der Waals surface area contributed by atoms with Gasteiger partial charge in [0.2, 0.25) is 0 Å². The Morgan fingerprint density at radius 2 is 2.14 bits per heavy atom. The highest BCUT2D eigenvalue weighted by molar-refractivity contribution is 6.33. The number of hydrogen-bond acceptors (Lipinski definition) is 4. The van der Waals surface area contributed by atoms with Crippen LogP contribution in [0, 0.1) is 10.3 Å². The number of anilines is 1. The van der Waals surface area contributed by atoms with Crippen molar-refractivity contribution in [3.05, 3.63) is 34.2 Å². The van der Waals surface area contributed by atoms with Crippen LogP contribution >= 0.6 is 11.6 Å². The Morgan fingerprint density at radius 1 is 1.38 bits per heavy atom. The van der Waals surface area contributed by atoms with Gasteiger partial charge >= 0.3 is 0 Å². The van der Waals surface area contributed by atoms with E-state index in [2.05, 4.69) is 33.7 Å². The van der Waals surface area contributed by atoms with E-state index >= 15 is 0 Å². The molecule has 3 rings (SSSR count). The number of aromatic nitrogens is 3. The number of hydrogen-bond donors (Lipinski definition) is 0. The molecule has 0 fully saturated rings. The van der Waals surface area contributed by atoms with Crippen molar-refractivity contribution < 1.29 is 0 Å². The quantitative estimate of drug-likeness (QED) is 0.645. The lowest BCUT2D eigenvalue weighted by Crippen LogP contribution is -2.13. The fourth-order valence-electron chi connectivity index (χ4n) is 2.70. The van der Waals surface area contributed by atoms with E-state index in [1.54, 1.807) is 13.1 Å². The normalized spacial score (nSPS) is 15.8. The summed E-state index contributed by atoms with van der Waals surface area (Å²) in [4.78, 5) is 19.2. The first-order valence-corrected chi connectivity index (χ1v) is 7.06. The van der Waals surface area contributed by atoms with E-state index in [-0.39, 0.29) is 5.41 Å². The molecule has 0 saturated carbocycles. The van der Waals surface area contributed by atoms with Crippen molar-refractivity contribution >= 4 is 17.4 Å². The van der Waals surface area contributed by atoms with Gasteiger partial charge in [0.1, 0.15) is 5.82 Å². The van der Waals surface area contributed by atoms with E-state index in [0.29, 0.717) is 10.8 Å². The molecule has 21 heavy (non-hydrogen) atoms. The van der Waals surface area contributed by atoms with E-state index in [0.717, 1.165) is 30.0 Å². The molecular weight excluding hydrogens is 290 g/mol. The lowest BCUT2D eigenvalue weighted by atomic mass is 9.92. The van der Waals surface area contributed by atoms with Crippen LogP contribution in [-0.4, -0.2) is 21.6 Å². The minimum Gasteiger partial charge on any atom is -0.327 e. The molecule has 3 heterocycles. The van der Waals surface area contributed by atoms with Crippen LogP contribution in [0.25, 0.3) is 11.3 Å². The Bertz CT molecular complexity index is 709. The lowest BCUT2D eigenvalue weighted by molar-refractivity contribution is 0.359. The maximum absolute atomic E-state index is 10.6. The SMILES string of the molecule is CN(N=O)c1cc(-c2cnc3n2CC(C)(C)C3)c(Cl)cn1. The zero-order chi connectivity index (χ0) is 15.2. The summed E-state index contributed by atoms with van der Waals surface area (Å²) in [6.45, 7) is 5.33. The molecule has 0 unspecified atom stereocenters. The maximum Gasteiger partial charge on any atom is 0.152 e. The molecule has 0 saturated heterocycles. The first-order valence-electron chi connectivity index (χ1n) is 6.68. The van der Waals surface area contributed by atoms with Gasteiger partial charge in [0.05, 0.1) is 22.2 Å². The summed E-state index contributed by atoms with van der Waals surface area (Å²) >= 11 is 6.28. The van der Waals surface area contributed by atoms with E-state index in [9.17, 15) is 4.91 Å². The number of rotatable bonds is 3. The topological polar surface area (TPSA) is 63.4 Å². The van der Waals surface area contributed by atoms with Gasteiger partial charge in [-0.05, 0) is 11.5 Å².